The molecule has 1 aromatic rings. The summed E-state index contributed by atoms with van der Waals surface area (Å²) in [5.74, 6) is -0.0118. The molecule has 6 nitrogen and oxygen atoms in total. The van der Waals surface area contributed by atoms with Crippen molar-refractivity contribution in [1.82, 2.24) is 15.1 Å². The maximum absolute atomic E-state index is 12.3. The van der Waals surface area contributed by atoms with Gasteiger partial charge in [-0.1, -0.05) is 19.1 Å². The van der Waals surface area contributed by atoms with Crippen molar-refractivity contribution in [3.8, 4) is 6.07 Å². The Labute approximate surface area is 130 Å². The van der Waals surface area contributed by atoms with Crippen molar-refractivity contribution in [3.05, 3.63) is 35.4 Å². The molecule has 3 amide bonds. The van der Waals surface area contributed by atoms with E-state index < -0.39 is 0 Å². The third-order valence-corrected chi connectivity index (χ3v) is 3.89. The Balaban J connectivity index is 1.96. The minimum atomic E-state index is -0.389. The number of carbonyl (C=O) groups is 2. The van der Waals surface area contributed by atoms with E-state index in [1.165, 1.54) is 0 Å². The predicted octanol–water partition coefficient (Wildman–Crippen LogP) is 1.32. The summed E-state index contributed by atoms with van der Waals surface area (Å²) in [5.41, 5.74) is 1.51. The summed E-state index contributed by atoms with van der Waals surface area (Å²) in [6, 6.07) is 8.50. The second-order valence-corrected chi connectivity index (χ2v) is 5.34. The molecule has 1 unspecified atom stereocenters. The van der Waals surface area contributed by atoms with E-state index in [-0.39, 0.29) is 18.0 Å². The molecule has 0 saturated carbocycles. The van der Waals surface area contributed by atoms with E-state index in [0.29, 0.717) is 31.6 Å². The van der Waals surface area contributed by atoms with Crippen LogP contribution in [0.4, 0.5) is 4.79 Å². The average Bonchev–Trinajstić information content (AvgIpc) is 2.55. The zero-order valence-corrected chi connectivity index (χ0v) is 12.9. The number of likely N-dealkylation sites (N-methyl/N-ethyl adjacent to an activating group) is 1. The van der Waals surface area contributed by atoms with Crippen molar-refractivity contribution < 1.29 is 9.59 Å². The number of piperazine rings is 1. The first-order valence-corrected chi connectivity index (χ1v) is 7.35. The zero-order valence-electron chi connectivity index (χ0n) is 12.9. The molecule has 1 saturated heterocycles. The van der Waals surface area contributed by atoms with Gasteiger partial charge in [0.05, 0.1) is 11.6 Å². The third-order valence-electron chi connectivity index (χ3n) is 3.89. The van der Waals surface area contributed by atoms with Crippen LogP contribution in [0.5, 0.6) is 0 Å². The van der Waals surface area contributed by atoms with Crippen LogP contribution >= 0.6 is 0 Å². The van der Waals surface area contributed by atoms with Crippen molar-refractivity contribution in [2.24, 2.45) is 0 Å². The highest BCUT2D eigenvalue weighted by atomic mass is 16.2. The normalized spacial score (nSPS) is 18.0. The highest BCUT2D eigenvalue weighted by Gasteiger charge is 2.34. The van der Waals surface area contributed by atoms with Gasteiger partial charge in [-0.2, -0.15) is 5.26 Å². The molecule has 0 aliphatic carbocycles. The Morgan fingerprint density at radius 1 is 1.36 bits per heavy atom. The van der Waals surface area contributed by atoms with E-state index >= 15 is 0 Å². The number of benzene rings is 1. The standard InChI is InChI=1S/C16H20N4O2/c1-3-14-15(21)19(2)8-9-20(14)16(22)18-11-13-6-4-12(10-17)5-7-13/h4-7,14H,3,8-9,11H2,1-2H3,(H,18,22). The molecular weight excluding hydrogens is 280 g/mol. The van der Waals surface area contributed by atoms with Gasteiger partial charge in [-0.3, -0.25) is 4.79 Å². The van der Waals surface area contributed by atoms with Crippen LogP contribution in [0, 0.1) is 11.3 Å². The first kappa shape index (κ1) is 15.8. The monoisotopic (exact) mass is 300 g/mol. The quantitative estimate of drug-likeness (QED) is 0.914. The Kier molecular flexibility index (Phi) is 4.99. The van der Waals surface area contributed by atoms with E-state index in [4.69, 9.17) is 5.26 Å². The molecule has 2 rings (SSSR count). The van der Waals surface area contributed by atoms with Crippen LogP contribution in [-0.2, 0) is 11.3 Å². The lowest BCUT2D eigenvalue weighted by Gasteiger charge is -2.38. The van der Waals surface area contributed by atoms with Crippen molar-refractivity contribution >= 4 is 11.9 Å². The number of urea groups is 1. The molecule has 0 bridgehead atoms. The van der Waals surface area contributed by atoms with Crippen LogP contribution in [-0.4, -0.2) is 47.9 Å². The van der Waals surface area contributed by atoms with Gasteiger partial charge >= 0.3 is 6.03 Å². The van der Waals surface area contributed by atoms with Crippen LogP contribution in [0.25, 0.3) is 0 Å². The molecule has 0 aromatic heterocycles. The topological polar surface area (TPSA) is 76.4 Å². The molecule has 0 radical (unpaired) electrons. The lowest BCUT2D eigenvalue weighted by molar-refractivity contribution is -0.138. The van der Waals surface area contributed by atoms with Gasteiger partial charge < -0.3 is 15.1 Å². The molecule has 1 aliphatic heterocycles. The number of nitrogens with one attached hydrogen (secondary N) is 1. The van der Waals surface area contributed by atoms with E-state index in [1.807, 2.05) is 19.1 Å². The van der Waals surface area contributed by atoms with Crippen molar-refractivity contribution in [3.63, 3.8) is 0 Å². The molecule has 116 valence electrons. The first-order valence-electron chi connectivity index (χ1n) is 7.35. The molecule has 1 atom stereocenters. The van der Waals surface area contributed by atoms with Crippen molar-refractivity contribution in [2.75, 3.05) is 20.1 Å². The third kappa shape index (κ3) is 3.37. The second-order valence-electron chi connectivity index (χ2n) is 5.34. The van der Waals surface area contributed by atoms with Crippen molar-refractivity contribution in [2.45, 2.75) is 25.9 Å². The van der Waals surface area contributed by atoms with Gasteiger partial charge in [-0.15, -0.1) is 0 Å². The molecule has 1 N–H and O–H groups in total. The number of hydrogen-bond donors (Lipinski definition) is 1. The van der Waals surface area contributed by atoms with Gasteiger partial charge in [0.2, 0.25) is 5.91 Å². The van der Waals surface area contributed by atoms with Crippen molar-refractivity contribution in [1.29, 1.82) is 5.26 Å². The number of rotatable bonds is 3. The van der Waals surface area contributed by atoms with Crippen LogP contribution in [0.2, 0.25) is 0 Å². The minimum absolute atomic E-state index is 0.0118. The van der Waals surface area contributed by atoms with Crippen LogP contribution < -0.4 is 5.32 Å². The zero-order chi connectivity index (χ0) is 16.1. The number of nitrogens with zero attached hydrogens (tertiary/aromatic N) is 3. The van der Waals surface area contributed by atoms with Gasteiger partial charge in [0.15, 0.2) is 0 Å². The highest BCUT2D eigenvalue weighted by Crippen LogP contribution is 2.13. The molecule has 22 heavy (non-hydrogen) atoms. The van der Waals surface area contributed by atoms with E-state index in [2.05, 4.69) is 11.4 Å². The fraction of sp³-hybridized carbons (Fsp3) is 0.438. The van der Waals surface area contributed by atoms with Gasteiger partial charge in [0.1, 0.15) is 6.04 Å². The van der Waals surface area contributed by atoms with E-state index in [9.17, 15) is 9.59 Å². The maximum Gasteiger partial charge on any atom is 0.318 e. The molecular formula is C16H20N4O2. The smallest absolute Gasteiger partial charge is 0.318 e. The van der Waals surface area contributed by atoms with Gasteiger partial charge in [-0.05, 0) is 24.1 Å². The molecule has 1 fully saturated rings. The number of nitriles is 1. The fourth-order valence-corrected chi connectivity index (χ4v) is 2.53. The molecule has 0 spiro atoms. The fourth-order valence-electron chi connectivity index (χ4n) is 2.53. The number of amides is 3. The Morgan fingerprint density at radius 3 is 2.64 bits per heavy atom. The van der Waals surface area contributed by atoms with Crippen LogP contribution in [0.1, 0.15) is 24.5 Å². The Morgan fingerprint density at radius 2 is 2.05 bits per heavy atom. The average molecular weight is 300 g/mol. The summed E-state index contributed by atoms with van der Waals surface area (Å²) in [5, 5.41) is 11.6. The summed E-state index contributed by atoms with van der Waals surface area (Å²) in [4.78, 5) is 27.7. The Bertz CT molecular complexity index is 591. The minimum Gasteiger partial charge on any atom is -0.342 e. The van der Waals surface area contributed by atoms with Crippen LogP contribution in [0.15, 0.2) is 24.3 Å². The lowest BCUT2D eigenvalue weighted by Crippen LogP contribution is -2.59. The first-order chi connectivity index (χ1) is 10.6. The van der Waals surface area contributed by atoms with E-state index in [0.717, 1.165) is 5.56 Å². The largest absolute Gasteiger partial charge is 0.342 e. The second kappa shape index (κ2) is 6.94. The van der Waals surface area contributed by atoms with Gasteiger partial charge in [0, 0.05) is 26.7 Å². The molecule has 1 aromatic carbocycles. The highest BCUT2D eigenvalue weighted by molar-refractivity contribution is 5.88. The summed E-state index contributed by atoms with van der Waals surface area (Å²) in [6.45, 7) is 3.38. The lowest BCUT2D eigenvalue weighted by atomic mass is 10.1. The van der Waals surface area contributed by atoms with Crippen LogP contribution in [0.3, 0.4) is 0 Å². The summed E-state index contributed by atoms with van der Waals surface area (Å²) < 4.78 is 0. The SMILES string of the molecule is CCC1C(=O)N(C)CCN1C(=O)NCc1ccc(C#N)cc1. The van der Waals surface area contributed by atoms with Gasteiger partial charge in [0.25, 0.3) is 0 Å². The maximum atomic E-state index is 12.3. The summed E-state index contributed by atoms with van der Waals surface area (Å²) in [7, 11) is 1.76. The summed E-state index contributed by atoms with van der Waals surface area (Å²) >= 11 is 0. The Hall–Kier alpha value is -2.55. The number of hydrogen-bond acceptors (Lipinski definition) is 3. The summed E-state index contributed by atoms with van der Waals surface area (Å²) in [6.07, 6.45) is 0.605. The van der Waals surface area contributed by atoms with E-state index in [1.54, 1.807) is 29.0 Å². The number of carbonyl (C=O) groups excluding carboxylic acids is 2. The predicted molar refractivity (Wildman–Crippen MR) is 81.8 cm³/mol. The molecule has 1 heterocycles. The molecule has 6 heteroatoms. The van der Waals surface area contributed by atoms with Gasteiger partial charge in [-0.25, -0.2) is 4.79 Å². The molecule has 1 aliphatic rings.